The second-order valence-electron chi connectivity index (χ2n) is 6.12. The van der Waals surface area contributed by atoms with Crippen molar-refractivity contribution in [1.82, 2.24) is 0 Å². The second kappa shape index (κ2) is 9.06. The molecule has 144 valence electrons. The van der Waals surface area contributed by atoms with E-state index in [0.29, 0.717) is 12.0 Å². The Morgan fingerprint density at radius 3 is 2.36 bits per heavy atom. The quantitative estimate of drug-likeness (QED) is 0.278. The number of rotatable bonds is 7. The van der Waals surface area contributed by atoms with Crippen LogP contribution in [0.1, 0.15) is 6.42 Å². The Bertz CT molecular complexity index is 467. The summed E-state index contributed by atoms with van der Waals surface area (Å²) >= 11 is 0. The molecule has 0 aromatic rings. The van der Waals surface area contributed by atoms with E-state index in [9.17, 15) is 30.6 Å². The molecule has 0 saturated carbocycles. The van der Waals surface area contributed by atoms with Crippen LogP contribution in [0, 0.1) is 11.8 Å². The van der Waals surface area contributed by atoms with Gasteiger partial charge < -0.3 is 44.8 Å². The highest BCUT2D eigenvalue weighted by molar-refractivity contribution is 5.12. The van der Waals surface area contributed by atoms with Crippen molar-refractivity contribution in [3.63, 3.8) is 0 Å². The van der Waals surface area contributed by atoms with Crippen LogP contribution in [0.2, 0.25) is 0 Å². The molecule has 0 bridgehead atoms. The average Bonchev–Trinajstić information content (AvgIpc) is 2.62. The van der Waals surface area contributed by atoms with E-state index in [-0.39, 0.29) is 19.1 Å². The van der Waals surface area contributed by atoms with E-state index in [2.05, 4.69) is 6.58 Å². The molecular weight excluding hydrogens is 336 g/mol. The minimum atomic E-state index is -1.56. The standard InChI is InChI=1S/C16H26O9/c1-2-9-10(3-4-17)8(5-18)7-23-15(9)25-16-14(22)13(21)12(20)11(6-19)24-16/h2,7,9-22H,1,3-6H2/t9-,10-,11-,12-,13+,14-,15+,16+/m1/s1. The third-order valence-electron chi connectivity index (χ3n) is 4.62. The first-order valence-electron chi connectivity index (χ1n) is 8.13. The lowest BCUT2D eigenvalue weighted by Gasteiger charge is -2.43. The van der Waals surface area contributed by atoms with Gasteiger partial charge in [0.1, 0.15) is 24.4 Å². The van der Waals surface area contributed by atoms with Crippen molar-refractivity contribution >= 4 is 0 Å². The highest BCUT2D eigenvalue weighted by Crippen LogP contribution is 2.36. The Hall–Kier alpha value is -1.04. The maximum absolute atomic E-state index is 10.1. The van der Waals surface area contributed by atoms with Gasteiger partial charge in [0.2, 0.25) is 6.29 Å². The van der Waals surface area contributed by atoms with Crippen LogP contribution in [-0.2, 0) is 14.2 Å². The first-order chi connectivity index (χ1) is 12.0. The van der Waals surface area contributed by atoms with Crippen LogP contribution in [0.15, 0.2) is 24.5 Å². The van der Waals surface area contributed by atoms with Gasteiger partial charge in [0, 0.05) is 12.5 Å². The highest BCUT2D eigenvalue weighted by atomic mass is 16.8. The summed E-state index contributed by atoms with van der Waals surface area (Å²) in [5.41, 5.74) is 0.576. The van der Waals surface area contributed by atoms with Crippen LogP contribution < -0.4 is 0 Å². The van der Waals surface area contributed by atoms with Gasteiger partial charge in [-0.1, -0.05) is 6.08 Å². The van der Waals surface area contributed by atoms with Crippen LogP contribution in [0.25, 0.3) is 0 Å². The van der Waals surface area contributed by atoms with Crippen LogP contribution >= 0.6 is 0 Å². The van der Waals surface area contributed by atoms with E-state index >= 15 is 0 Å². The van der Waals surface area contributed by atoms with E-state index in [4.69, 9.17) is 14.2 Å². The summed E-state index contributed by atoms with van der Waals surface area (Å²) in [5, 5.41) is 57.6. The molecule has 6 N–H and O–H groups in total. The van der Waals surface area contributed by atoms with Crippen molar-refractivity contribution in [3.05, 3.63) is 24.5 Å². The Kier molecular flexibility index (Phi) is 7.35. The molecule has 9 nitrogen and oxygen atoms in total. The van der Waals surface area contributed by atoms with Crippen LogP contribution in [0.4, 0.5) is 0 Å². The molecule has 0 unspecified atom stereocenters. The molecule has 2 aliphatic heterocycles. The van der Waals surface area contributed by atoms with Gasteiger partial charge in [0.25, 0.3) is 0 Å². The molecule has 2 rings (SSSR count). The third-order valence-corrected chi connectivity index (χ3v) is 4.62. The van der Waals surface area contributed by atoms with Gasteiger partial charge in [-0.25, -0.2) is 0 Å². The van der Waals surface area contributed by atoms with Crippen molar-refractivity contribution in [3.8, 4) is 0 Å². The Morgan fingerprint density at radius 1 is 1.08 bits per heavy atom. The molecule has 0 radical (unpaired) electrons. The maximum atomic E-state index is 10.1. The number of hydrogen-bond donors (Lipinski definition) is 6. The zero-order valence-electron chi connectivity index (χ0n) is 13.7. The first-order valence-corrected chi connectivity index (χ1v) is 8.13. The minimum Gasteiger partial charge on any atom is -0.472 e. The van der Waals surface area contributed by atoms with Crippen LogP contribution in [0.3, 0.4) is 0 Å². The minimum absolute atomic E-state index is 0.112. The number of aliphatic hydroxyl groups is 6. The third kappa shape index (κ3) is 4.21. The SMILES string of the molecule is C=C[C@H]1[C@H](O[C@@H]2O[C@H](CO)[C@@H](O)[C@H](O)[C@H]2O)OC=C(CO)[C@H]1CCO. The van der Waals surface area contributed by atoms with Gasteiger partial charge in [0.05, 0.1) is 19.5 Å². The van der Waals surface area contributed by atoms with Crippen molar-refractivity contribution in [1.29, 1.82) is 0 Å². The van der Waals surface area contributed by atoms with Crippen LogP contribution in [0.5, 0.6) is 0 Å². The van der Waals surface area contributed by atoms with Gasteiger partial charge in [-0.15, -0.1) is 6.58 Å². The predicted octanol–water partition coefficient (Wildman–Crippen LogP) is -2.16. The molecule has 0 aliphatic carbocycles. The van der Waals surface area contributed by atoms with E-state index in [1.165, 1.54) is 6.26 Å². The largest absolute Gasteiger partial charge is 0.472 e. The Balaban J connectivity index is 2.14. The zero-order valence-corrected chi connectivity index (χ0v) is 13.7. The highest BCUT2D eigenvalue weighted by Gasteiger charge is 2.46. The lowest BCUT2D eigenvalue weighted by Crippen LogP contribution is -2.60. The normalized spacial score (nSPS) is 41.8. The number of ether oxygens (including phenoxy) is 3. The van der Waals surface area contributed by atoms with Crippen LogP contribution in [-0.4, -0.2) is 87.5 Å². The molecule has 0 aromatic carbocycles. The first kappa shape index (κ1) is 20.3. The Morgan fingerprint density at radius 2 is 1.80 bits per heavy atom. The topological polar surface area (TPSA) is 149 Å². The number of aliphatic hydroxyl groups excluding tert-OH is 6. The van der Waals surface area contributed by atoms with Crippen molar-refractivity contribution in [2.75, 3.05) is 19.8 Å². The zero-order chi connectivity index (χ0) is 18.6. The monoisotopic (exact) mass is 362 g/mol. The van der Waals surface area contributed by atoms with E-state index in [0.717, 1.165) is 0 Å². The van der Waals surface area contributed by atoms with Crippen molar-refractivity contribution in [2.45, 2.75) is 43.4 Å². The molecule has 2 aliphatic rings. The summed E-state index contributed by atoms with van der Waals surface area (Å²) in [7, 11) is 0. The van der Waals surface area contributed by atoms with Crippen molar-refractivity contribution < 1.29 is 44.8 Å². The fraction of sp³-hybridized carbons (Fsp3) is 0.750. The summed E-state index contributed by atoms with van der Waals surface area (Å²) in [6.45, 7) is 2.80. The lowest BCUT2D eigenvalue weighted by molar-refractivity contribution is -0.339. The van der Waals surface area contributed by atoms with E-state index < -0.39 is 49.5 Å². The second-order valence-corrected chi connectivity index (χ2v) is 6.12. The molecule has 0 spiro atoms. The summed E-state index contributed by atoms with van der Waals surface area (Å²) in [6, 6.07) is 0. The van der Waals surface area contributed by atoms with Gasteiger partial charge >= 0.3 is 0 Å². The van der Waals surface area contributed by atoms with Crippen molar-refractivity contribution in [2.24, 2.45) is 11.8 Å². The fourth-order valence-electron chi connectivity index (χ4n) is 3.15. The lowest BCUT2D eigenvalue weighted by atomic mass is 9.82. The summed E-state index contributed by atoms with van der Waals surface area (Å²) in [5.74, 6) is -0.734. The summed E-state index contributed by atoms with van der Waals surface area (Å²) in [4.78, 5) is 0. The van der Waals surface area contributed by atoms with Gasteiger partial charge in [-0.2, -0.15) is 0 Å². The predicted molar refractivity (Wildman–Crippen MR) is 83.8 cm³/mol. The molecular formula is C16H26O9. The van der Waals surface area contributed by atoms with E-state index in [1.54, 1.807) is 6.08 Å². The molecule has 1 fully saturated rings. The molecule has 2 heterocycles. The average molecular weight is 362 g/mol. The van der Waals surface area contributed by atoms with Gasteiger partial charge in [-0.3, -0.25) is 0 Å². The molecule has 0 aromatic heterocycles. The van der Waals surface area contributed by atoms with Gasteiger partial charge in [-0.05, 0) is 17.9 Å². The summed E-state index contributed by atoms with van der Waals surface area (Å²) < 4.78 is 16.4. The fourth-order valence-corrected chi connectivity index (χ4v) is 3.15. The number of hydrogen-bond acceptors (Lipinski definition) is 9. The molecule has 0 amide bonds. The molecule has 8 atom stereocenters. The van der Waals surface area contributed by atoms with Gasteiger partial charge in [0.15, 0.2) is 6.29 Å². The smallest absolute Gasteiger partial charge is 0.208 e. The molecule has 1 saturated heterocycles. The maximum Gasteiger partial charge on any atom is 0.208 e. The molecule has 25 heavy (non-hydrogen) atoms. The molecule has 9 heteroatoms. The van der Waals surface area contributed by atoms with E-state index in [1.807, 2.05) is 0 Å². The summed E-state index contributed by atoms with van der Waals surface area (Å²) in [6.07, 6.45) is -4.75. The Labute approximate surface area is 145 Å².